The van der Waals surface area contributed by atoms with Gasteiger partial charge in [-0.15, -0.1) is 23.1 Å². The summed E-state index contributed by atoms with van der Waals surface area (Å²) >= 11 is 9.38. The summed E-state index contributed by atoms with van der Waals surface area (Å²) in [5, 5.41) is 4.03. The Labute approximate surface area is 175 Å². The predicted molar refractivity (Wildman–Crippen MR) is 121 cm³/mol. The molecule has 6 heteroatoms. The number of thioether (sulfide) groups is 1. The molecule has 28 heavy (non-hydrogen) atoms. The monoisotopic (exact) mass is 421 g/mol. The van der Waals surface area contributed by atoms with E-state index in [2.05, 4.69) is 54.1 Å². The van der Waals surface area contributed by atoms with Crippen LogP contribution in [0.1, 0.15) is 16.7 Å². The van der Waals surface area contributed by atoms with Crippen LogP contribution in [0.3, 0.4) is 0 Å². The summed E-state index contributed by atoms with van der Waals surface area (Å²) in [6.45, 7) is 4.24. The van der Waals surface area contributed by atoms with Gasteiger partial charge in [-0.2, -0.15) is 0 Å². The van der Waals surface area contributed by atoms with Crippen LogP contribution < -0.4 is 0 Å². The molecule has 138 valence electrons. The molecule has 0 bridgehead atoms. The van der Waals surface area contributed by atoms with Crippen molar-refractivity contribution in [2.24, 2.45) is 0 Å². The third kappa shape index (κ3) is 3.13. The topological polar surface area (TPSA) is 38.7 Å². The first-order valence-electron chi connectivity index (χ1n) is 8.91. The van der Waals surface area contributed by atoms with E-state index in [1.807, 2.05) is 12.1 Å². The first kappa shape index (κ1) is 17.9. The van der Waals surface area contributed by atoms with Gasteiger partial charge in [-0.25, -0.2) is 15.0 Å². The number of hydrogen-bond donors (Lipinski definition) is 0. The fourth-order valence-electron chi connectivity index (χ4n) is 3.46. The minimum atomic E-state index is 0.756. The van der Waals surface area contributed by atoms with Gasteiger partial charge < -0.3 is 0 Å². The van der Waals surface area contributed by atoms with Crippen molar-refractivity contribution in [1.82, 2.24) is 15.0 Å². The molecule has 0 atom stereocenters. The molecule has 0 radical (unpaired) electrons. The van der Waals surface area contributed by atoms with Crippen LogP contribution in [0.15, 0.2) is 53.8 Å². The Morgan fingerprint density at radius 1 is 1.00 bits per heavy atom. The number of nitrogens with zero attached hydrogens (tertiary/aromatic N) is 3. The second-order valence-corrected chi connectivity index (χ2v) is 9.27. The van der Waals surface area contributed by atoms with Gasteiger partial charge in [-0.05, 0) is 49.2 Å². The highest BCUT2D eigenvalue weighted by atomic mass is 35.5. The third-order valence-corrected chi connectivity index (χ3v) is 7.27. The van der Waals surface area contributed by atoms with E-state index in [4.69, 9.17) is 16.6 Å². The molecular weight excluding hydrogens is 406 g/mol. The summed E-state index contributed by atoms with van der Waals surface area (Å²) in [7, 11) is 0. The summed E-state index contributed by atoms with van der Waals surface area (Å²) in [4.78, 5) is 15.1. The fourth-order valence-corrected chi connectivity index (χ4v) is 5.72. The van der Waals surface area contributed by atoms with Crippen molar-refractivity contribution in [1.29, 1.82) is 0 Å². The molecule has 5 aromatic rings. The summed E-state index contributed by atoms with van der Waals surface area (Å²) in [6, 6.07) is 14.5. The molecule has 0 aliphatic carbocycles. The van der Waals surface area contributed by atoms with E-state index in [9.17, 15) is 0 Å². The summed E-state index contributed by atoms with van der Waals surface area (Å²) in [5.41, 5.74) is 5.73. The highest BCUT2D eigenvalue weighted by molar-refractivity contribution is 7.98. The average molecular weight is 422 g/mol. The van der Waals surface area contributed by atoms with Gasteiger partial charge in [0.1, 0.15) is 16.2 Å². The lowest BCUT2D eigenvalue weighted by atomic mass is 10.1. The summed E-state index contributed by atoms with van der Waals surface area (Å²) in [6.07, 6.45) is 1.66. The van der Waals surface area contributed by atoms with Crippen LogP contribution in [0.4, 0.5) is 0 Å². The van der Waals surface area contributed by atoms with Crippen LogP contribution in [0.25, 0.3) is 31.3 Å². The molecule has 0 aliphatic heterocycles. The first-order valence-corrected chi connectivity index (χ1v) is 11.1. The highest BCUT2D eigenvalue weighted by Gasteiger charge is 2.14. The SMILES string of the molecule is Cc1cc(C)c2nc3sc4c(SCc5ccc(Cl)cc5)ncnc4c3cc2c1. The van der Waals surface area contributed by atoms with Gasteiger partial charge in [0.05, 0.1) is 15.7 Å². The molecule has 0 spiro atoms. The van der Waals surface area contributed by atoms with Gasteiger partial charge >= 0.3 is 0 Å². The zero-order valence-corrected chi connectivity index (χ0v) is 17.8. The molecule has 5 rings (SSSR count). The van der Waals surface area contributed by atoms with Gasteiger partial charge in [-0.1, -0.05) is 35.4 Å². The van der Waals surface area contributed by atoms with Gasteiger partial charge in [-0.3, -0.25) is 0 Å². The molecular formula is C22H16ClN3S2. The Morgan fingerprint density at radius 3 is 2.64 bits per heavy atom. The number of halogens is 1. The van der Waals surface area contributed by atoms with E-state index in [1.54, 1.807) is 29.4 Å². The number of aromatic nitrogens is 3. The average Bonchev–Trinajstić information content (AvgIpc) is 3.04. The molecule has 3 aromatic heterocycles. The number of fused-ring (bicyclic) bond motifs is 4. The summed E-state index contributed by atoms with van der Waals surface area (Å²) in [5.74, 6) is 0.839. The lowest BCUT2D eigenvalue weighted by molar-refractivity contribution is 1.11. The lowest BCUT2D eigenvalue weighted by Crippen LogP contribution is -1.87. The molecule has 0 N–H and O–H groups in total. The number of aryl methyl sites for hydroxylation is 2. The predicted octanol–water partition coefficient (Wildman–Crippen LogP) is 6.96. The second kappa shape index (κ2) is 6.99. The molecule has 0 unspecified atom stereocenters. The van der Waals surface area contributed by atoms with Crippen molar-refractivity contribution < 1.29 is 0 Å². The molecule has 0 aliphatic rings. The Morgan fingerprint density at radius 2 is 1.82 bits per heavy atom. The van der Waals surface area contributed by atoms with E-state index >= 15 is 0 Å². The molecule has 3 nitrogen and oxygen atoms in total. The maximum Gasteiger partial charge on any atom is 0.126 e. The van der Waals surface area contributed by atoms with Gasteiger partial charge in [0.25, 0.3) is 0 Å². The van der Waals surface area contributed by atoms with Gasteiger partial charge in [0.15, 0.2) is 0 Å². The minimum absolute atomic E-state index is 0.756. The van der Waals surface area contributed by atoms with Crippen molar-refractivity contribution in [3.8, 4) is 0 Å². The molecule has 2 aromatic carbocycles. The molecule has 0 saturated carbocycles. The highest BCUT2D eigenvalue weighted by Crippen LogP contribution is 2.38. The number of hydrogen-bond acceptors (Lipinski definition) is 5. The van der Waals surface area contributed by atoms with E-state index in [1.165, 1.54) is 22.1 Å². The Bertz CT molecular complexity index is 1340. The maximum absolute atomic E-state index is 5.98. The first-order chi connectivity index (χ1) is 13.6. The van der Waals surface area contributed by atoms with Gasteiger partial charge in [0.2, 0.25) is 0 Å². The molecule has 0 fully saturated rings. The number of thiophene rings is 1. The van der Waals surface area contributed by atoms with Crippen LogP contribution in [0.5, 0.6) is 0 Å². The van der Waals surface area contributed by atoms with E-state index in [0.29, 0.717) is 0 Å². The normalized spacial score (nSPS) is 11.7. The van der Waals surface area contributed by atoms with Crippen molar-refractivity contribution >= 4 is 66.0 Å². The lowest BCUT2D eigenvalue weighted by Gasteiger charge is -2.04. The smallest absolute Gasteiger partial charge is 0.126 e. The van der Waals surface area contributed by atoms with Crippen LogP contribution in [0, 0.1) is 13.8 Å². The molecule has 3 heterocycles. The van der Waals surface area contributed by atoms with Crippen LogP contribution in [-0.4, -0.2) is 15.0 Å². The van der Waals surface area contributed by atoms with E-state index < -0.39 is 0 Å². The summed E-state index contributed by atoms with van der Waals surface area (Å²) < 4.78 is 1.11. The number of benzene rings is 2. The fraction of sp³-hybridized carbons (Fsp3) is 0.136. The molecule has 0 amide bonds. The van der Waals surface area contributed by atoms with Crippen molar-refractivity contribution in [3.63, 3.8) is 0 Å². The van der Waals surface area contributed by atoms with Crippen LogP contribution >= 0.6 is 34.7 Å². The minimum Gasteiger partial charge on any atom is -0.237 e. The Balaban J connectivity index is 1.62. The zero-order chi connectivity index (χ0) is 19.3. The standard InChI is InChI=1S/C22H16ClN3S2/c1-12-7-13(2)18-15(8-12)9-17-19-20(28-21(17)26-18)22(25-11-24-19)27-10-14-3-5-16(23)6-4-14/h3-9,11H,10H2,1-2H3. The van der Waals surface area contributed by atoms with Crippen molar-refractivity contribution in [3.05, 3.63) is 70.5 Å². The number of rotatable bonds is 3. The van der Waals surface area contributed by atoms with Crippen molar-refractivity contribution in [2.75, 3.05) is 0 Å². The maximum atomic E-state index is 5.98. The third-order valence-electron chi connectivity index (χ3n) is 4.73. The zero-order valence-electron chi connectivity index (χ0n) is 15.4. The Hall–Kier alpha value is -2.21. The number of pyridine rings is 1. The van der Waals surface area contributed by atoms with Gasteiger partial charge in [0, 0.05) is 21.5 Å². The largest absolute Gasteiger partial charge is 0.237 e. The molecule has 0 saturated heterocycles. The van der Waals surface area contributed by atoms with Crippen LogP contribution in [0.2, 0.25) is 5.02 Å². The quantitative estimate of drug-likeness (QED) is 0.233. The Kier molecular flexibility index (Phi) is 4.46. The van der Waals surface area contributed by atoms with E-state index in [-0.39, 0.29) is 0 Å². The van der Waals surface area contributed by atoms with Crippen molar-refractivity contribution in [2.45, 2.75) is 24.6 Å². The van der Waals surface area contributed by atoms with E-state index in [0.717, 1.165) is 41.8 Å². The second-order valence-electron chi connectivity index (χ2n) is 6.87. The van der Waals surface area contributed by atoms with Crippen LogP contribution in [-0.2, 0) is 5.75 Å².